The van der Waals surface area contributed by atoms with E-state index in [1.54, 1.807) is 32.6 Å². The van der Waals surface area contributed by atoms with Crippen LogP contribution >= 0.6 is 0 Å². The highest BCUT2D eigenvalue weighted by molar-refractivity contribution is 6.60. The Hall–Kier alpha value is -0.963. The van der Waals surface area contributed by atoms with Crippen molar-refractivity contribution in [1.82, 2.24) is 10.2 Å². The lowest BCUT2D eigenvalue weighted by Gasteiger charge is -2.25. The molecule has 0 unspecified atom stereocenters. The molecule has 22 heavy (non-hydrogen) atoms. The van der Waals surface area contributed by atoms with Crippen molar-refractivity contribution in [2.75, 3.05) is 41.0 Å². The molecule has 0 rings (SSSR count). The Balaban J connectivity index is 3.79. The van der Waals surface area contributed by atoms with Crippen molar-refractivity contribution in [2.45, 2.75) is 38.1 Å². The van der Waals surface area contributed by atoms with E-state index in [0.29, 0.717) is 25.7 Å². The van der Waals surface area contributed by atoms with Crippen molar-refractivity contribution in [3.8, 4) is 0 Å². The molecule has 0 aromatic rings. The molecule has 0 aliphatic rings. The molecule has 1 N–H and O–H groups in total. The third-order valence-corrected chi connectivity index (χ3v) is 6.36. The van der Waals surface area contributed by atoms with Gasteiger partial charge in [-0.3, -0.25) is 9.59 Å². The molecule has 7 nitrogen and oxygen atoms in total. The molecule has 0 saturated carbocycles. The molecule has 0 spiro atoms. The van der Waals surface area contributed by atoms with Crippen LogP contribution in [-0.2, 0) is 22.9 Å². The molecule has 0 saturated heterocycles. The average Bonchev–Trinajstić information content (AvgIpc) is 2.56. The second kappa shape index (κ2) is 13.7. The summed E-state index contributed by atoms with van der Waals surface area (Å²) in [5.41, 5.74) is 0. The number of amides is 2. The first kappa shape index (κ1) is 21.0. The van der Waals surface area contributed by atoms with Gasteiger partial charge in [0.2, 0.25) is 0 Å². The molecule has 8 heteroatoms. The van der Waals surface area contributed by atoms with Crippen LogP contribution in [0.25, 0.3) is 0 Å². The van der Waals surface area contributed by atoms with E-state index in [2.05, 4.69) is 5.32 Å². The summed E-state index contributed by atoms with van der Waals surface area (Å²) in [5.74, 6) is 0. The van der Waals surface area contributed by atoms with Crippen LogP contribution in [0, 0.1) is 0 Å². The zero-order valence-corrected chi connectivity index (χ0v) is 14.9. The van der Waals surface area contributed by atoms with Gasteiger partial charge in [-0.2, -0.15) is 0 Å². The third kappa shape index (κ3) is 9.14. The summed E-state index contributed by atoms with van der Waals surface area (Å²) in [4.78, 5) is 22.5. The Bertz CT molecular complexity index is 282. The van der Waals surface area contributed by atoms with E-state index in [-0.39, 0.29) is 0 Å². The van der Waals surface area contributed by atoms with Gasteiger partial charge in [0.25, 0.3) is 0 Å². The summed E-state index contributed by atoms with van der Waals surface area (Å²) in [7, 11) is 2.20. The van der Waals surface area contributed by atoms with Gasteiger partial charge < -0.3 is 23.5 Å². The molecule has 0 aliphatic carbocycles. The van der Waals surface area contributed by atoms with Gasteiger partial charge in [0, 0.05) is 47.0 Å². The van der Waals surface area contributed by atoms with Crippen molar-refractivity contribution in [1.29, 1.82) is 0 Å². The lowest BCUT2D eigenvalue weighted by Crippen LogP contribution is -2.43. The first-order chi connectivity index (χ1) is 10.7. The van der Waals surface area contributed by atoms with Crippen molar-refractivity contribution in [2.24, 2.45) is 0 Å². The SMILES string of the molecule is CO[Si](CCCN([C]=O)CCCCCCN[C]=O)(OC)OC. The van der Waals surface area contributed by atoms with E-state index in [9.17, 15) is 9.59 Å². The van der Waals surface area contributed by atoms with E-state index in [0.717, 1.165) is 32.1 Å². The van der Waals surface area contributed by atoms with Gasteiger partial charge in [-0.05, 0) is 19.3 Å². The van der Waals surface area contributed by atoms with Crippen LogP contribution in [0.1, 0.15) is 32.1 Å². The standard InChI is InChI=1S/C14H28N2O5Si/c1-19-22(20-2,21-3)12-8-11-16(14-18)10-7-5-4-6-9-15-13-17/h4-12H2,1-3H3,(H,15,17). The molecule has 0 atom stereocenters. The maximum Gasteiger partial charge on any atom is 0.500 e. The molecule has 2 amide bonds. The van der Waals surface area contributed by atoms with Gasteiger partial charge in [-0.25, -0.2) is 0 Å². The maximum atomic E-state index is 10.9. The summed E-state index contributed by atoms with van der Waals surface area (Å²) >= 11 is 0. The Kier molecular flexibility index (Phi) is 13.1. The number of rotatable bonds is 16. The van der Waals surface area contributed by atoms with E-state index in [1.165, 1.54) is 0 Å². The summed E-state index contributed by atoms with van der Waals surface area (Å²) < 4.78 is 16.0. The van der Waals surface area contributed by atoms with Gasteiger partial charge >= 0.3 is 21.6 Å². The Labute approximate surface area is 134 Å². The summed E-state index contributed by atoms with van der Waals surface area (Å²) in [5, 5.41) is 2.51. The first-order valence-electron chi connectivity index (χ1n) is 7.56. The molecule has 0 fully saturated rings. The highest BCUT2D eigenvalue weighted by atomic mass is 28.4. The second-order valence-electron chi connectivity index (χ2n) is 4.92. The third-order valence-electron chi connectivity index (χ3n) is 3.53. The monoisotopic (exact) mass is 332 g/mol. The fraction of sp³-hybridized carbons (Fsp3) is 0.857. The van der Waals surface area contributed by atoms with Gasteiger partial charge in [0.1, 0.15) is 0 Å². The minimum absolute atomic E-state index is 0.621. The molecule has 128 valence electrons. The van der Waals surface area contributed by atoms with Crippen LogP contribution in [0.3, 0.4) is 0 Å². The molecule has 0 bridgehead atoms. The second-order valence-corrected chi connectivity index (χ2v) is 8.01. The molecule has 0 aromatic heterocycles. The van der Waals surface area contributed by atoms with E-state index in [1.807, 2.05) is 6.41 Å². The maximum absolute atomic E-state index is 10.9. The molecular weight excluding hydrogens is 304 g/mol. The molecule has 0 aliphatic heterocycles. The minimum Gasteiger partial charge on any atom is -0.377 e. The molecule has 0 heterocycles. The van der Waals surface area contributed by atoms with E-state index >= 15 is 0 Å². The van der Waals surface area contributed by atoms with Crippen LogP contribution in [0.15, 0.2) is 0 Å². The number of hydrogen-bond acceptors (Lipinski definition) is 5. The number of carbonyl (C=O) groups excluding carboxylic acids is 2. The fourth-order valence-electron chi connectivity index (χ4n) is 2.17. The topological polar surface area (TPSA) is 77.1 Å². The number of nitrogens with zero attached hydrogens (tertiary/aromatic N) is 1. The Morgan fingerprint density at radius 3 is 2.05 bits per heavy atom. The molecule has 0 aromatic carbocycles. The van der Waals surface area contributed by atoms with Crippen molar-refractivity contribution < 1.29 is 22.9 Å². The smallest absolute Gasteiger partial charge is 0.377 e. The number of nitrogens with one attached hydrogen (secondary N) is 1. The van der Waals surface area contributed by atoms with Crippen LogP contribution in [0.4, 0.5) is 0 Å². The zero-order valence-electron chi connectivity index (χ0n) is 13.9. The predicted octanol–water partition coefficient (Wildman–Crippen LogP) is 0.841. The highest BCUT2D eigenvalue weighted by Crippen LogP contribution is 2.15. The quantitative estimate of drug-likeness (QED) is 0.257. The summed E-state index contributed by atoms with van der Waals surface area (Å²) in [6, 6.07) is 0.669. The van der Waals surface area contributed by atoms with E-state index in [4.69, 9.17) is 13.3 Å². The molecular formula is C14H28N2O5Si. The Morgan fingerprint density at radius 1 is 0.909 bits per heavy atom. The Morgan fingerprint density at radius 2 is 1.50 bits per heavy atom. The van der Waals surface area contributed by atoms with Gasteiger partial charge in [-0.1, -0.05) is 12.8 Å². The van der Waals surface area contributed by atoms with Crippen LogP contribution < -0.4 is 5.32 Å². The van der Waals surface area contributed by atoms with Crippen molar-refractivity contribution in [3.05, 3.63) is 0 Å². The van der Waals surface area contributed by atoms with E-state index < -0.39 is 8.80 Å². The highest BCUT2D eigenvalue weighted by Gasteiger charge is 2.36. The largest absolute Gasteiger partial charge is 0.500 e. The lowest BCUT2D eigenvalue weighted by molar-refractivity contribution is 0.122. The van der Waals surface area contributed by atoms with Crippen LogP contribution in [0.5, 0.6) is 0 Å². The van der Waals surface area contributed by atoms with Gasteiger partial charge in [0.05, 0.1) is 0 Å². The number of hydrogen-bond donors (Lipinski definition) is 1. The van der Waals surface area contributed by atoms with Crippen LogP contribution in [-0.4, -0.2) is 67.5 Å². The summed E-state index contributed by atoms with van der Waals surface area (Å²) in [6.07, 6.45) is 8.28. The zero-order chi connectivity index (χ0) is 16.7. The average molecular weight is 332 g/mol. The van der Waals surface area contributed by atoms with Crippen molar-refractivity contribution in [3.63, 3.8) is 0 Å². The lowest BCUT2D eigenvalue weighted by atomic mass is 10.2. The fourth-order valence-corrected chi connectivity index (χ4v) is 3.87. The number of unbranched alkanes of at least 4 members (excludes halogenated alkanes) is 3. The molecule has 2 radical (unpaired) electrons. The van der Waals surface area contributed by atoms with Crippen molar-refractivity contribution >= 4 is 21.6 Å². The van der Waals surface area contributed by atoms with Crippen LogP contribution in [0.2, 0.25) is 6.04 Å². The predicted molar refractivity (Wildman–Crippen MR) is 85.6 cm³/mol. The van der Waals surface area contributed by atoms with Gasteiger partial charge in [0.15, 0.2) is 0 Å². The summed E-state index contributed by atoms with van der Waals surface area (Å²) in [6.45, 7) is 1.97. The minimum atomic E-state index is -2.55. The first-order valence-corrected chi connectivity index (χ1v) is 9.49. The normalized spacial score (nSPS) is 11.2. The van der Waals surface area contributed by atoms with Gasteiger partial charge in [-0.15, -0.1) is 0 Å².